The summed E-state index contributed by atoms with van der Waals surface area (Å²) in [6.07, 6.45) is 0.358. The third kappa shape index (κ3) is 4.77. The zero-order chi connectivity index (χ0) is 18.6. The molecule has 1 aliphatic heterocycles. The molecule has 2 aromatic rings. The van der Waals surface area contributed by atoms with Crippen LogP contribution in [0.25, 0.3) is 0 Å². The lowest BCUT2D eigenvalue weighted by Crippen LogP contribution is -2.19. The van der Waals surface area contributed by atoms with Crippen molar-refractivity contribution < 1.29 is 18.9 Å². The molecule has 0 radical (unpaired) electrons. The smallest absolute Gasteiger partial charge is 0.119 e. The summed E-state index contributed by atoms with van der Waals surface area (Å²) in [6, 6.07) is 16.6. The molecule has 0 aliphatic carbocycles. The van der Waals surface area contributed by atoms with Crippen LogP contribution >= 0.6 is 0 Å². The van der Waals surface area contributed by atoms with Gasteiger partial charge in [-0.1, -0.05) is 38.1 Å². The standard InChI is InChI=1S/C22H28O4/c1-16(23-4)13-24-19-9-5-17(6-10-19)22(2,3)18-7-11-20(12-8-18)25-14-21-15-26-21/h5-12,16,21H,13-15H2,1-4H3. The highest BCUT2D eigenvalue weighted by Gasteiger charge is 2.24. The average molecular weight is 356 g/mol. The summed E-state index contributed by atoms with van der Waals surface area (Å²) in [4.78, 5) is 0. The van der Waals surface area contributed by atoms with E-state index in [4.69, 9.17) is 18.9 Å². The van der Waals surface area contributed by atoms with E-state index in [0.717, 1.165) is 18.1 Å². The van der Waals surface area contributed by atoms with Gasteiger partial charge in [-0.25, -0.2) is 0 Å². The SMILES string of the molecule is COC(C)COc1ccc(C(C)(C)c2ccc(OCC3CO3)cc2)cc1. The molecule has 3 rings (SSSR count). The first-order valence-corrected chi connectivity index (χ1v) is 9.10. The fourth-order valence-corrected chi connectivity index (χ4v) is 2.74. The van der Waals surface area contributed by atoms with E-state index < -0.39 is 0 Å². The summed E-state index contributed by atoms with van der Waals surface area (Å²) >= 11 is 0. The van der Waals surface area contributed by atoms with Gasteiger partial charge in [0.05, 0.1) is 12.7 Å². The van der Waals surface area contributed by atoms with Crippen molar-refractivity contribution in [1.82, 2.24) is 0 Å². The molecule has 2 atom stereocenters. The van der Waals surface area contributed by atoms with Crippen LogP contribution in [-0.4, -0.2) is 39.1 Å². The van der Waals surface area contributed by atoms with Crippen LogP contribution in [0, 0.1) is 0 Å². The van der Waals surface area contributed by atoms with Crippen molar-refractivity contribution in [2.24, 2.45) is 0 Å². The number of hydrogen-bond acceptors (Lipinski definition) is 4. The van der Waals surface area contributed by atoms with Gasteiger partial charge < -0.3 is 18.9 Å². The monoisotopic (exact) mass is 356 g/mol. The molecule has 4 heteroatoms. The largest absolute Gasteiger partial charge is 0.491 e. The highest BCUT2D eigenvalue weighted by Crippen LogP contribution is 2.33. The van der Waals surface area contributed by atoms with Crippen molar-refractivity contribution in [3.05, 3.63) is 59.7 Å². The van der Waals surface area contributed by atoms with E-state index in [0.29, 0.717) is 13.2 Å². The second-order valence-corrected chi connectivity index (χ2v) is 7.30. The van der Waals surface area contributed by atoms with E-state index >= 15 is 0 Å². The van der Waals surface area contributed by atoms with E-state index in [1.807, 2.05) is 31.2 Å². The molecule has 0 saturated carbocycles. The predicted molar refractivity (Wildman–Crippen MR) is 102 cm³/mol. The van der Waals surface area contributed by atoms with Crippen LogP contribution in [0.1, 0.15) is 31.9 Å². The number of rotatable bonds is 9. The van der Waals surface area contributed by atoms with Crippen molar-refractivity contribution in [2.75, 3.05) is 26.9 Å². The molecule has 0 bridgehead atoms. The Morgan fingerprint density at radius 1 is 0.962 bits per heavy atom. The second-order valence-electron chi connectivity index (χ2n) is 7.30. The molecule has 0 aromatic heterocycles. The van der Waals surface area contributed by atoms with Gasteiger partial charge in [0.15, 0.2) is 0 Å². The summed E-state index contributed by atoms with van der Waals surface area (Å²) in [7, 11) is 1.69. The minimum atomic E-state index is -0.101. The fraction of sp³-hybridized carbons (Fsp3) is 0.455. The highest BCUT2D eigenvalue weighted by molar-refractivity contribution is 5.41. The second kappa shape index (κ2) is 8.11. The Hall–Kier alpha value is -2.04. The third-order valence-corrected chi connectivity index (χ3v) is 4.88. The molecular formula is C22H28O4. The fourth-order valence-electron chi connectivity index (χ4n) is 2.74. The van der Waals surface area contributed by atoms with Crippen LogP contribution in [0.5, 0.6) is 11.5 Å². The van der Waals surface area contributed by atoms with Gasteiger partial charge in [-0.2, -0.15) is 0 Å². The van der Waals surface area contributed by atoms with E-state index in [-0.39, 0.29) is 17.6 Å². The minimum absolute atomic E-state index is 0.0818. The zero-order valence-electron chi connectivity index (χ0n) is 16.0. The van der Waals surface area contributed by atoms with Crippen LogP contribution in [0.2, 0.25) is 0 Å². The zero-order valence-corrected chi connectivity index (χ0v) is 16.0. The quantitative estimate of drug-likeness (QED) is 0.631. The minimum Gasteiger partial charge on any atom is -0.491 e. The first kappa shape index (κ1) is 18.7. The molecule has 0 spiro atoms. The molecule has 26 heavy (non-hydrogen) atoms. The van der Waals surface area contributed by atoms with E-state index in [9.17, 15) is 0 Å². The van der Waals surface area contributed by atoms with E-state index in [1.54, 1.807) is 7.11 Å². The van der Waals surface area contributed by atoms with Gasteiger partial charge in [-0.3, -0.25) is 0 Å². The molecule has 0 amide bonds. The van der Waals surface area contributed by atoms with Crippen LogP contribution in [0.4, 0.5) is 0 Å². The molecule has 2 aromatic carbocycles. The maximum absolute atomic E-state index is 5.75. The Bertz CT molecular complexity index is 687. The summed E-state index contributed by atoms with van der Waals surface area (Å²) < 4.78 is 21.8. The molecule has 1 fully saturated rings. The summed E-state index contributed by atoms with van der Waals surface area (Å²) in [5.74, 6) is 1.75. The Morgan fingerprint density at radius 3 is 1.92 bits per heavy atom. The Labute approximate surface area is 156 Å². The summed E-state index contributed by atoms with van der Waals surface area (Å²) in [6.45, 7) is 8.43. The molecule has 0 N–H and O–H groups in total. The predicted octanol–water partition coefficient (Wildman–Crippen LogP) is 4.20. The summed E-state index contributed by atoms with van der Waals surface area (Å²) in [5.41, 5.74) is 2.38. The van der Waals surface area contributed by atoms with Crippen LogP contribution in [0.15, 0.2) is 48.5 Å². The lowest BCUT2D eigenvalue weighted by atomic mass is 9.78. The molecule has 4 nitrogen and oxygen atoms in total. The maximum atomic E-state index is 5.75. The highest BCUT2D eigenvalue weighted by atomic mass is 16.6. The van der Waals surface area contributed by atoms with Crippen LogP contribution < -0.4 is 9.47 Å². The van der Waals surface area contributed by atoms with Gasteiger partial charge in [0.2, 0.25) is 0 Å². The Balaban J connectivity index is 1.64. The maximum Gasteiger partial charge on any atom is 0.119 e. The van der Waals surface area contributed by atoms with Crippen LogP contribution in [0.3, 0.4) is 0 Å². The first-order valence-electron chi connectivity index (χ1n) is 9.10. The lowest BCUT2D eigenvalue weighted by molar-refractivity contribution is 0.0716. The Kier molecular flexibility index (Phi) is 5.84. The normalized spacial score (nSPS) is 17.6. The number of ether oxygens (including phenoxy) is 4. The summed E-state index contributed by atoms with van der Waals surface area (Å²) in [5, 5.41) is 0. The van der Waals surface area contributed by atoms with Crippen molar-refractivity contribution in [3.8, 4) is 11.5 Å². The van der Waals surface area contributed by atoms with Crippen LogP contribution in [-0.2, 0) is 14.9 Å². The van der Waals surface area contributed by atoms with Gasteiger partial charge in [0.1, 0.15) is 30.8 Å². The molecule has 140 valence electrons. The van der Waals surface area contributed by atoms with Gasteiger partial charge in [-0.05, 0) is 42.3 Å². The van der Waals surface area contributed by atoms with E-state index in [1.165, 1.54) is 11.1 Å². The van der Waals surface area contributed by atoms with Crippen molar-refractivity contribution in [3.63, 3.8) is 0 Å². The van der Waals surface area contributed by atoms with Gasteiger partial charge >= 0.3 is 0 Å². The first-order chi connectivity index (χ1) is 12.5. The van der Waals surface area contributed by atoms with Gasteiger partial charge in [0.25, 0.3) is 0 Å². The Morgan fingerprint density at radius 2 is 1.46 bits per heavy atom. The number of hydrogen-bond donors (Lipinski definition) is 0. The average Bonchev–Trinajstić information content (AvgIpc) is 3.49. The number of benzene rings is 2. The number of methoxy groups -OCH3 is 1. The number of epoxide rings is 1. The molecular weight excluding hydrogens is 328 g/mol. The molecule has 1 aliphatic rings. The van der Waals surface area contributed by atoms with Crippen molar-refractivity contribution >= 4 is 0 Å². The topological polar surface area (TPSA) is 40.2 Å². The third-order valence-electron chi connectivity index (χ3n) is 4.88. The lowest BCUT2D eigenvalue weighted by Gasteiger charge is -2.26. The van der Waals surface area contributed by atoms with Crippen molar-refractivity contribution in [1.29, 1.82) is 0 Å². The molecule has 1 heterocycles. The molecule has 1 saturated heterocycles. The van der Waals surface area contributed by atoms with Gasteiger partial charge in [-0.15, -0.1) is 0 Å². The van der Waals surface area contributed by atoms with Gasteiger partial charge in [0, 0.05) is 12.5 Å². The van der Waals surface area contributed by atoms with E-state index in [2.05, 4.69) is 38.1 Å². The van der Waals surface area contributed by atoms with Crippen molar-refractivity contribution in [2.45, 2.75) is 38.4 Å². The molecule has 2 unspecified atom stereocenters.